The topological polar surface area (TPSA) is 75.6 Å². The summed E-state index contributed by atoms with van der Waals surface area (Å²) in [6.07, 6.45) is 5.36. The van der Waals surface area contributed by atoms with Crippen molar-refractivity contribution in [1.82, 2.24) is 14.9 Å². The molecule has 4 rings (SSSR count). The molecule has 176 valence electrons. The van der Waals surface area contributed by atoms with Gasteiger partial charge in [-0.25, -0.2) is 9.97 Å². The molecular weight excluding hydrogens is 416 g/mol. The first kappa shape index (κ1) is 23.2. The van der Waals surface area contributed by atoms with Crippen molar-refractivity contribution in [3.05, 3.63) is 41.6 Å². The zero-order valence-corrected chi connectivity index (χ0v) is 19.9. The second-order valence-electron chi connectivity index (χ2n) is 9.31. The Morgan fingerprint density at radius 2 is 1.82 bits per heavy atom. The molecular formula is C26H34N4O3. The molecule has 0 saturated carbocycles. The second kappa shape index (κ2) is 10.3. The van der Waals surface area contributed by atoms with E-state index in [9.17, 15) is 9.59 Å². The van der Waals surface area contributed by atoms with Crippen molar-refractivity contribution in [2.24, 2.45) is 11.8 Å². The molecule has 2 fully saturated rings. The van der Waals surface area contributed by atoms with Gasteiger partial charge in [-0.2, -0.15) is 0 Å². The number of hydrogen-bond donors (Lipinski definition) is 0. The quantitative estimate of drug-likeness (QED) is 0.639. The molecule has 1 unspecified atom stereocenters. The molecule has 1 aromatic carbocycles. The summed E-state index contributed by atoms with van der Waals surface area (Å²) in [6, 6.07) is 8.12. The number of carbonyl (C=O) groups is 2. The highest BCUT2D eigenvalue weighted by Crippen LogP contribution is 2.29. The number of carbonyl (C=O) groups excluding carboxylic acids is 2. The van der Waals surface area contributed by atoms with Crippen LogP contribution in [0.1, 0.15) is 55.5 Å². The molecule has 0 spiro atoms. The zero-order valence-electron chi connectivity index (χ0n) is 19.9. The Morgan fingerprint density at radius 1 is 1.09 bits per heavy atom. The first-order chi connectivity index (χ1) is 16.0. The van der Waals surface area contributed by atoms with Gasteiger partial charge in [-0.05, 0) is 45.4 Å². The van der Waals surface area contributed by atoms with E-state index in [2.05, 4.69) is 23.7 Å². The van der Waals surface area contributed by atoms with Crippen LogP contribution in [0.3, 0.4) is 0 Å². The van der Waals surface area contributed by atoms with Crippen molar-refractivity contribution in [1.29, 1.82) is 0 Å². The predicted molar refractivity (Wildman–Crippen MR) is 128 cm³/mol. The van der Waals surface area contributed by atoms with Gasteiger partial charge in [0.25, 0.3) is 5.91 Å². The normalized spacial score (nSPS) is 19.4. The van der Waals surface area contributed by atoms with E-state index in [1.54, 1.807) is 11.1 Å². The number of esters is 1. The lowest BCUT2D eigenvalue weighted by Gasteiger charge is -2.35. The number of piperidine rings is 2. The van der Waals surface area contributed by atoms with Gasteiger partial charge < -0.3 is 14.5 Å². The van der Waals surface area contributed by atoms with Crippen LogP contribution < -0.4 is 4.90 Å². The number of hydrogen-bond acceptors (Lipinski definition) is 6. The highest BCUT2D eigenvalue weighted by molar-refractivity contribution is 5.99. The Kier molecular flexibility index (Phi) is 7.26. The summed E-state index contributed by atoms with van der Waals surface area (Å²) in [7, 11) is 0. The van der Waals surface area contributed by atoms with E-state index >= 15 is 0 Å². The van der Waals surface area contributed by atoms with Gasteiger partial charge in [0, 0.05) is 37.9 Å². The van der Waals surface area contributed by atoms with Crippen molar-refractivity contribution in [3.8, 4) is 11.4 Å². The number of nitrogens with zero attached hydrogens (tertiary/aromatic N) is 4. The highest BCUT2D eigenvalue weighted by atomic mass is 16.5. The fourth-order valence-corrected chi connectivity index (χ4v) is 4.61. The second-order valence-corrected chi connectivity index (χ2v) is 9.31. The average Bonchev–Trinajstić information content (AvgIpc) is 2.84. The third-order valence-corrected chi connectivity index (χ3v) is 6.72. The lowest BCUT2D eigenvalue weighted by atomic mass is 9.97. The van der Waals surface area contributed by atoms with Crippen LogP contribution in [-0.4, -0.2) is 59.5 Å². The predicted octanol–water partition coefficient (Wildman–Crippen LogP) is 4.10. The van der Waals surface area contributed by atoms with E-state index in [0.29, 0.717) is 42.8 Å². The van der Waals surface area contributed by atoms with Crippen molar-refractivity contribution in [2.45, 2.75) is 46.5 Å². The fraction of sp³-hybridized carbons (Fsp3) is 0.538. The van der Waals surface area contributed by atoms with Crippen LogP contribution in [0.4, 0.5) is 5.82 Å². The van der Waals surface area contributed by atoms with E-state index in [4.69, 9.17) is 9.72 Å². The summed E-state index contributed by atoms with van der Waals surface area (Å²) in [5.41, 5.74) is 2.63. The molecule has 7 heteroatoms. The Morgan fingerprint density at radius 3 is 2.52 bits per heavy atom. The van der Waals surface area contributed by atoms with Gasteiger partial charge in [-0.15, -0.1) is 0 Å². The van der Waals surface area contributed by atoms with E-state index in [1.807, 2.05) is 31.2 Å². The Hall–Kier alpha value is -2.96. The number of ether oxygens (including phenoxy) is 1. The largest absolute Gasteiger partial charge is 0.466 e. The lowest BCUT2D eigenvalue weighted by Crippen LogP contribution is -2.44. The molecule has 2 aromatic rings. The van der Waals surface area contributed by atoms with Crippen LogP contribution in [-0.2, 0) is 9.53 Å². The Labute approximate surface area is 196 Å². The molecule has 2 aliphatic rings. The fourth-order valence-electron chi connectivity index (χ4n) is 4.61. The summed E-state index contributed by atoms with van der Waals surface area (Å²) >= 11 is 0. The molecule has 1 atom stereocenters. The number of aryl methyl sites for hydroxylation is 1. The first-order valence-electron chi connectivity index (χ1n) is 12.1. The summed E-state index contributed by atoms with van der Waals surface area (Å²) in [5.74, 6) is 1.42. The van der Waals surface area contributed by atoms with Crippen molar-refractivity contribution < 1.29 is 14.3 Å². The maximum atomic E-state index is 13.6. The van der Waals surface area contributed by atoms with E-state index in [1.165, 1.54) is 5.56 Å². The smallest absolute Gasteiger partial charge is 0.310 e. The minimum Gasteiger partial charge on any atom is -0.466 e. The molecule has 2 aliphatic heterocycles. The summed E-state index contributed by atoms with van der Waals surface area (Å²) in [5, 5.41) is 0. The number of likely N-dealkylation sites (tertiary alicyclic amines) is 1. The number of amides is 1. The number of anilines is 1. The molecule has 0 bridgehead atoms. The molecule has 0 radical (unpaired) electrons. The Bertz CT molecular complexity index is 984. The minimum absolute atomic E-state index is 0.104. The summed E-state index contributed by atoms with van der Waals surface area (Å²) in [6.45, 7) is 9.24. The maximum Gasteiger partial charge on any atom is 0.310 e. The maximum absolute atomic E-state index is 13.6. The van der Waals surface area contributed by atoms with Gasteiger partial charge >= 0.3 is 5.97 Å². The number of aromatic nitrogens is 2. The van der Waals surface area contributed by atoms with Crippen LogP contribution in [0.15, 0.2) is 30.5 Å². The third-order valence-electron chi connectivity index (χ3n) is 6.72. The van der Waals surface area contributed by atoms with Crippen LogP contribution in [0.2, 0.25) is 0 Å². The number of rotatable bonds is 5. The van der Waals surface area contributed by atoms with Crippen LogP contribution in [0.5, 0.6) is 0 Å². The van der Waals surface area contributed by atoms with Crippen LogP contribution in [0, 0.1) is 18.8 Å². The van der Waals surface area contributed by atoms with Crippen molar-refractivity contribution in [2.75, 3.05) is 37.7 Å². The van der Waals surface area contributed by atoms with E-state index in [0.717, 1.165) is 44.3 Å². The first-order valence-corrected chi connectivity index (χ1v) is 12.1. The van der Waals surface area contributed by atoms with Gasteiger partial charge in [0.2, 0.25) is 0 Å². The van der Waals surface area contributed by atoms with Gasteiger partial charge in [0.05, 0.1) is 12.5 Å². The molecule has 2 saturated heterocycles. The number of benzene rings is 1. The SMILES string of the molecule is CCOC(=O)C1CCCN(C(=O)c2cnc(-c3ccc(C)cc3)nc2N2CCC(C)CC2)C1. The third kappa shape index (κ3) is 5.34. The average molecular weight is 451 g/mol. The monoisotopic (exact) mass is 450 g/mol. The standard InChI is InChI=1S/C26H34N4O3/c1-4-33-26(32)21-6-5-13-30(17-21)25(31)22-16-27-23(20-9-7-18(2)8-10-20)28-24(22)29-14-11-19(3)12-15-29/h7-10,16,19,21H,4-6,11-15,17H2,1-3H3. The van der Waals surface area contributed by atoms with Gasteiger partial charge in [-0.3, -0.25) is 9.59 Å². The van der Waals surface area contributed by atoms with E-state index < -0.39 is 0 Å². The van der Waals surface area contributed by atoms with Gasteiger partial charge in [0.15, 0.2) is 5.82 Å². The molecule has 7 nitrogen and oxygen atoms in total. The molecule has 1 aromatic heterocycles. The van der Waals surface area contributed by atoms with Gasteiger partial charge in [0.1, 0.15) is 11.4 Å². The highest BCUT2D eigenvalue weighted by Gasteiger charge is 2.32. The molecule has 0 aliphatic carbocycles. The van der Waals surface area contributed by atoms with Crippen molar-refractivity contribution in [3.63, 3.8) is 0 Å². The molecule has 33 heavy (non-hydrogen) atoms. The van der Waals surface area contributed by atoms with Gasteiger partial charge in [-0.1, -0.05) is 36.8 Å². The molecule has 1 amide bonds. The Balaban J connectivity index is 1.64. The summed E-state index contributed by atoms with van der Waals surface area (Å²) in [4.78, 5) is 39.4. The minimum atomic E-state index is -0.269. The molecule has 3 heterocycles. The lowest BCUT2D eigenvalue weighted by molar-refractivity contribution is -0.149. The van der Waals surface area contributed by atoms with Crippen LogP contribution >= 0.6 is 0 Å². The molecule has 0 N–H and O–H groups in total. The zero-order chi connectivity index (χ0) is 23.4. The van der Waals surface area contributed by atoms with Crippen LogP contribution in [0.25, 0.3) is 11.4 Å². The van der Waals surface area contributed by atoms with Crippen molar-refractivity contribution >= 4 is 17.7 Å². The summed E-state index contributed by atoms with van der Waals surface area (Å²) < 4.78 is 5.21. The van der Waals surface area contributed by atoms with E-state index in [-0.39, 0.29) is 17.8 Å².